The van der Waals surface area contributed by atoms with E-state index in [9.17, 15) is 0 Å². The van der Waals surface area contributed by atoms with Crippen LogP contribution >= 0.6 is 0 Å². The van der Waals surface area contributed by atoms with Crippen molar-refractivity contribution >= 4 is 11.1 Å². The van der Waals surface area contributed by atoms with E-state index < -0.39 is 0 Å². The SMILES string of the molecule is CC(C)(CNCCO)c1ccc2ncoc2c1. The smallest absolute Gasteiger partial charge is 0.181 e. The monoisotopic (exact) mass is 234 g/mol. The lowest BCUT2D eigenvalue weighted by Crippen LogP contribution is -2.34. The van der Waals surface area contributed by atoms with Crippen molar-refractivity contribution in [3.63, 3.8) is 0 Å². The van der Waals surface area contributed by atoms with Crippen LogP contribution in [0.4, 0.5) is 0 Å². The molecule has 0 atom stereocenters. The fraction of sp³-hybridized carbons (Fsp3) is 0.462. The standard InChI is InChI=1S/C13H18N2O2/c1-13(2,8-14-5-6-16)10-3-4-11-12(7-10)17-9-15-11/h3-4,7,9,14,16H,5-6,8H2,1-2H3. The molecule has 0 fully saturated rings. The molecule has 0 bridgehead atoms. The second-order valence-corrected chi connectivity index (χ2v) is 4.82. The summed E-state index contributed by atoms with van der Waals surface area (Å²) in [4.78, 5) is 4.10. The lowest BCUT2D eigenvalue weighted by molar-refractivity contribution is 0.286. The van der Waals surface area contributed by atoms with Gasteiger partial charge < -0.3 is 14.8 Å². The average molecular weight is 234 g/mol. The molecule has 1 heterocycles. The summed E-state index contributed by atoms with van der Waals surface area (Å²) in [7, 11) is 0. The van der Waals surface area contributed by atoms with Gasteiger partial charge >= 0.3 is 0 Å². The minimum atomic E-state index is -0.00382. The van der Waals surface area contributed by atoms with E-state index in [-0.39, 0.29) is 12.0 Å². The molecule has 0 aliphatic heterocycles. The van der Waals surface area contributed by atoms with Crippen LogP contribution in [-0.2, 0) is 5.41 Å². The van der Waals surface area contributed by atoms with Gasteiger partial charge in [-0.15, -0.1) is 0 Å². The van der Waals surface area contributed by atoms with Crippen molar-refractivity contribution in [1.29, 1.82) is 0 Å². The van der Waals surface area contributed by atoms with Crippen LogP contribution in [0.1, 0.15) is 19.4 Å². The Labute approximate surface area is 101 Å². The highest BCUT2D eigenvalue weighted by Crippen LogP contribution is 2.25. The van der Waals surface area contributed by atoms with Crippen molar-refractivity contribution in [2.75, 3.05) is 19.7 Å². The van der Waals surface area contributed by atoms with Gasteiger partial charge in [0.25, 0.3) is 0 Å². The van der Waals surface area contributed by atoms with Crippen LogP contribution in [0.2, 0.25) is 0 Å². The van der Waals surface area contributed by atoms with Gasteiger partial charge in [0.2, 0.25) is 0 Å². The molecule has 92 valence electrons. The third-order valence-electron chi connectivity index (χ3n) is 2.97. The summed E-state index contributed by atoms with van der Waals surface area (Å²) in [6, 6.07) is 6.08. The van der Waals surface area contributed by atoms with Crippen LogP contribution in [0.25, 0.3) is 11.1 Å². The quantitative estimate of drug-likeness (QED) is 0.773. The van der Waals surface area contributed by atoms with Gasteiger partial charge in [0.15, 0.2) is 12.0 Å². The molecule has 2 rings (SSSR count). The first-order valence-electron chi connectivity index (χ1n) is 5.79. The molecule has 4 nitrogen and oxygen atoms in total. The summed E-state index contributed by atoms with van der Waals surface area (Å²) < 4.78 is 5.31. The van der Waals surface area contributed by atoms with Gasteiger partial charge in [-0.05, 0) is 17.7 Å². The van der Waals surface area contributed by atoms with E-state index in [1.54, 1.807) is 0 Å². The first-order chi connectivity index (χ1) is 8.13. The van der Waals surface area contributed by atoms with E-state index in [4.69, 9.17) is 9.52 Å². The third kappa shape index (κ3) is 2.65. The first kappa shape index (κ1) is 12.1. The zero-order valence-corrected chi connectivity index (χ0v) is 10.2. The van der Waals surface area contributed by atoms with Gasteiger partial charge in [0.05, 0.1) is 6.61 Å². The fourth-order valence-electron chi connectivity index (χ4n) is 1.86. The molecule has 0 saturated carbocycles. The summed E-state index contributed by atoms with van der Waals surface area (Å²) in [5.74, 6) is 0. The molecule has 1 aromatic heterocycles. The lowest BCUT2D eigenvalue weighted by Gasteiger charge is -2.25. The van der Waals surface area contributed by atoms with Gasteiger partial charge in [-0.25, -0.2) is 4.98 Å². The van der Waals surface area contributed by atoms with Crippen molar-refractivity contribution in [3.8, 4) is 0 Å². The number of rotatable bonds is 5. The number of benzene rings is 1. The van der Waals surface area contributed by atoms with Crippen molar-refractivity contribution in [3.05, 3.63) is 30.2 Å². The molecule has 0 aliphatic rings. The maximum absolute atomic E-state index is 8.76. The molecule has 17 heavy (non-hydrogen) atoms. The van der Waals surface area contributed by atoms with E-state index in [1.165, 1.54) is 12.0 Å². The molecule has 1 aromatic carbocycles. The zero-order chi connectivity index (χ0) is 12.3. The number of hydrogen-bond acceptors (Lipinski definition) is 4. The minimum Gasteiger partial charge on any atom is -0.443 e. The van der Waals surface area contributed by atoms with Crippen molar-refractivity contribution in [1.82, 2.24) is 10.3 Å². The normalized spacial score (nSPS) is 12.2. The number of hydrogen-bond donors (Lipinski definition) is 2. The van der Waals surface area contributed by atoms with Crippen molar-refractivity contribution < 1.29 is 9.52 Å². The van der Waals surface area contributed by atoms with Crippen LogP contribution in [0.3, 0.4) is 0 Å². The number of nitrogens with zero attached hydrogens (tertiary/aromatic N) is 1. The number of nitrogens with one attached hydrogen (secondary N) is 1. The second-order valence-electron chi connectivity index (χ2n) is 4.82. The number of aromatic nitrogens is 1. The van der Waals surface area contributed by atoms with Crippen molar-refractivity contribution in [2.24, 2.45) is 0 Å². The Bertz CT molecular complexity index is 491. The molecule has 2 aromatic rings. The molecule has 4 heteroatoms. The van der Waals surface area contributed by atoms with Crippen molar-refractivity contribution in [2.45, 2.75) is 19.3 Å². The number of oxazole rings is 1. The van der Waals surface area contributed by atoms with Crippen LogP contribution < -0.4 is 5.32 Å². The highest BCUT2D eigenvalue weighted by Gasteiger charge is 2.20. The zero-order valence-electron chi connectivity index (χ0n) is 10.2. The Morgan fingerprint density at radius 1 is 1.41 bits per heavy atom. The Morgan fingerprint density at radius 3 is 3.00 bits per heavy atom. The lowest BCUT2D eigenvalue weighted by atomic mass is 9.84. The molecule has 2 N–H and O–H groups in total. The minimum absolute atomic E-state index is 0.00382. The topological polar surface area (TPSA) is 58.3 Å². The van der Waals surface area contributed by atoms with Gasteiger partial charge in [-0.1, -0.05) is 19.9 Å². The first-order valence-corrected chi connectivity index (χ1v) is 5.79. The molecule has 0 unspecified atom stereocenters. The molecule has 0 saturated heterocycles. The second kappa shape index (κ2) is 4.85. The summed E-state index contributed by atoms with van der Waals surface area (Å²) in [5.41, 5.74) is 2.90. The Morgan fingerprint density at radius 2 is 2.24 bits per heavy atom. The van der Waals surface area contributed by atoms with E-state index in [2.05, 4.69) is 30.2 Å². The molecule has 0 spiro atoms. The summed E-state index contributed by atoms with van der Waals surface area (Å²) >= 11 is 0. The van der Waals surface area contributed by atoms with Crippen LogP contribution in [0.15, 0.2) is 29.0 Å². The summed E-state index contributed by atoms with van der Waals surface area (Å²) in [6.07, 6.45) is 1.46. The average Bonchev–Trinajstić information content (AvgIpc) is 2.76. The van der Waals surface area contributed by atoms with E-state index >= 15 is 0 Å². The highest BCUT2D eigenvalue weighted by atomic mass is 16.3. The summed E-state index contributed by atoms with van der Waals surface area (Å²) in [6.45, 7) is 5.92. The van der Waals surface area contributed by atoms with Gasteiger partial charge in [0.1, 0.15) is 5.52 Å². The van der Waals surface area contributed by atoms with E-state index in [1.807, 2.05) is 12.1 Å². The maximum Gasteiger partial charge on any atom is 0.181 e. The molecule has 0 aliphatic carbocycles. The number of fused-ring (bicyclic) bond motifs is 1. The third-order valence-corrected chi connectivity index (χ3v) is 2.97. The Kier molecular flexibility index (Phi) is 3.45. The van der Waals surface area contributed by atoms with Crippen LogP contribution in [-0.4, -0.2) is 29.8 Å². The van der Waals surface area contributed by atoms with Gasteiger partial charge in [-0.2, -0.15) is 0 Å². The van der Waals surface area contributed by atoms with Crippen LogP contribution in [0, 0.1) is 0 Å². The van der Waals surface area contributed by atoms with E-state index in [0.29, 0.717) is 6.54 Å². The molecule has 0 radical (unpaired) electrons. The predicted molar refractivity (Wildman–Crippen MR) is 67.0 cm³/mol. The maximum atomic E-state index is 8.76. The predicted octanol–water partition coefficient (Wildman–Crippen LogP) is 1.69. The number of aliphatic hydroxyl groups is 1. The largest absolute Gasteiger partial charge is 0.443 e. The Balaban J connectivity index is 2.18. The Hall–Kier alpha value is -1.39. The fourth-order valence-corrected chi connectivity index (χ4v) is 1.86. The van der Waals surface area contributed by atoms with Gasteiger partial charge in [0, 0.05) is 18.5 Å². The molecule has 0 amide bonds. The van der Waals surface area contributed by atoms with Gasteiger partial charge in [-0.3, -0.25) is 0 Å². The highest BCUT2D eigenvalue weighted by molar-refractivity contribution is 5.73. The molecular formula is C13H18N2O2. The number of aliphatic hydroxyl groups excluding tert-OH is 1. The summed E-state index contributed by atoms with van der Waals surface area (Å²) in [5, 5.41) is 12.0. The molecular weight excluding hydrogens is 216 g/mol. The van der Waals surface area contributed by atoms with Crippen LogP contribution in [0.5, 0.6) is 0 Å². The van der Waals surface area contributed by atoms with E-state index in [0.717, 1.165) is 17.6 Å².